The molecule has 1 nitrogen and oxygen atoms in total. The molecule has 0 atom stereocenters. The molecule has 0 aliphatic rings. The Balaban J connectivity index is 2.97. The van der Waals surface area contributed by atoms with Gasteiger partial charge in [0.05, 0.1) is 0 Å². The predicted molar refractivity (Wildman–Crippen MR) is 98.4 cm³/mol. The number of thioether (sulfide) groups is 1. The first kappa shape index (κ1) is 18.8. The van der Waals surface area contributed by atoms with Crippen molar-refractivity contribution in [3.8, 4) is 0 Å². The van der Waals surface area contributed by atoms with Crippen LogP contribution in [0.3, 0.4) is 0 Å². The van der Waals surface area contributed by atoms with Gasteiger partial charge in [0.25, 0.3) is 0 Å². The Morgan fingerprint density at radius 3 is 1.85 bits per heavy atom. The molecule has 0 fully saturated rings. The van der Waals surface area contributed by atoms with Crippen LogP contribution in [0, 0.1) is 0 Å². The van der Waals surface area contributed by atoms with Crippen LogP contribution in [0.5, 0.6) is 0 Å². The van der Waals surface area contributed by atoms with Crippen molar-refractivity contribution in [3.05, 3.63) is 6.20 Å². The van der Waals surface area contributed by atoms with Crippen LogP contribution in [0.25, 0.3) is 0 Å². The summed E-state index contributed by atoms with van der Waals surface area (Å²) in [5.41, 5.74) is 0. The van der Waals surface area contributed by atoms with E-state index in [4.69, 9.17) is 4.98 Å². The minimum absolute atomic E-state index is 1.34. The van der Waals surface area contributed by atoms with E-state index in [9.17, 15) is 0 Å². The summed E-state index contributed by atoms with van der Waals surface area (Å²) in [7, 11) is 0. The number of hydrogen-bond donors (Lipinski definition) is 0. The summed E-state index contributed by atoms with van der Waals surface area (Å²) in [6, 6.07) is 0. The summed E-state index contributed by atoms with van der Waals surface area (Å²) in [6.07, 6.45) is 12.6. The third-order valence-corrected chi connectivity index (χ3v) is 24.0. The van der Waals surface area contributed by atoms with E-state index in [2.05, 4.69) is 33.2 Å². The Morgan fingerprint density at radius 1 is 1.00 bits per heavy atom. The molecule has 0 aromatic carbocycles. The normalized spacial score (nSPS) is 12.0. The molecule has 4 heteroatoms. The average Bonchev–Trinajstić information content (AvgIpc) is 2.96. The molecule has 1 aromatic rings. The number of unbranched alkanes of at least 4 members (excludes halogenated alkanes) is 3. The molecular formula is C16H31NS2Sn. The van der Waals surface area contributed by atoms with Crippen molar-refractivity contribution >= 4 is 44.5 Å². The van der Waals surface area contributed by atoms with Gasteiger partial charge in [0.1, 0.15) is 0 Å². The maximum absolute atomic E-state index is 4.91. The van der Waals surface area contributed by atoms with E-state index in [1.807, 2.05) is 23.1 Å². The van der Waals surface area contributed by atoms with Gasteiger partial charge in [-0.05, 0) is 0 Å². The number of aromatic nitrogens is 1. The van der Waals surface area contributed by atoms with Gasteiger partial charge in [0.2, 0.25) is 0 Å². The van der Waals surface area contributed by atoms with E-state index in [0.29, 0.717) is 0 Å². The van der Waals surface area contributed by atoms with Crippen LogP contribution in [0.15, 0.2) is 10.4 Å². The molecule has 20 heavy (non-hydrogen) atoms. The summed E-state index contributed by atoms with van der Waals surface area (Å²) in [4.78, 5) is 4.91. The van der Waals surface area contributed by atoms with E-state index < -0.39 is 18.4 Å². The van der Waals surface area contributed by atoms with Crippen LogP contribution < -0.4 is 3.02 Å². The molecule has 0 bridgehead atoms. The molecule has 0 aliphatic carbocycles. The first-order valence-electron chi connectivity index (χ1n) is 8.22. The zero-order valence-corrected chi connectivity index (χ0v) is 18.2. The summed E-state index contributed by atoms with van der Waals surface area (Å²) < 4.78 is 7.65. The van der Waals surface area contributed by atoms with E-state index in [1.165, 1.54) is 56.0 Å². The topological polar surface area (TPSA) is 12.9 Å². The molecule has 1 rings (SSSR count). The number of rotatable bonds is 11. The third-order valence-electron chi connectivity index (χ3n) is 4.17. The molecule has 0 saturated carbocycles. The van der Waals surface area contributed by atoms with Gasteiger partial charge in [-0.15, -0.1) is 0 Å². The third kappa shape index (κ3) is 5.52. The van der Waals surface area contributed by atoms with E-state index >= 15 is 0 Å². The fraction of sp³-hybridized carbons (Fsp3) is 0.812. The Morgan fingerprint density at radius 2 is 1.50 bits per heavy atom. The molecular weight excluding hydrogens is 389 g/mol. The molecule has 0 radical (unpaired) electrons. The van der Waals surface area contributed by atoms with E-state index in [1.54, 1.807) is 3.02 Å². The van der Waals surface area contributed by atoms with Crippen molar-refractivity contribution in [3.63, 3.8) is 0 Å². The van der Waals surface area contributed by atoms with Crippen LogP contribution in [-0.4, -0.2) is 29.6 Å². The Labute approximate surface area is 138 Å². The van der Waals surface area contributed by atoms with Gasteiger partial charge in [-0.2, -0.15) is 0 Å². The summed E-state index contributed by atoms with van der Waals surface area (Å²) >= 11 is 1.70. The monoisotopic (exact) mass is 421 g/mol. The van der Waals surface area contributed by atoms with Crippen molar-refractivity contribution in [2.24, 2.45) is 0 Å². The second-order valence-corrected chi connectivity index (χ2v) is 21.9. The first-order chi connectivity index (χ1) is 9.72. The van der Waals surface area contributed by atoms with Crippen LogP contribution in [0.1, 0.15) is 59.3 Å². The van der Waals surface area contributed by atoms with E-state index in [0.717, 1.165) is 0 Å². The standard InChI is InChI=1S/C4H4NS2.3C4H9.Sn/c1-6-4-2-5-3-7-4;3*1-3-4-2;/h2H,1H3;3*1,3-4H2,2H3;. The molecule has 1 heterocycles. The van der Waals surface area contributed by atoms with Crippen molar-refractivity contribution < 1.29 is 0 Å². The SMILES string of the molecule is CCC[CH2][Sn]([CH2]CCC)([CH2]CCC)[c]1ncc(SC)s1. The zero-order chi connectivity index (χ0) is 14.8. The molecule has 0 N–H and O–H groups in total. The molecule has 0 unspecified atom stereocenters. The molecule has 0 spiro atoms. The fourth-order valence-electron chi connectivity index (χ4n) is 2.84. The molecule has 0 amide bonds. The van der Waals surface area contributed by atoms with E-state index in [-0.39, 0.29) is 0 Å². The zero-order valence-electron chi connectivity index (χ0n) is 13.7. The quantitative estimate of drug-likeness (QED) is 0.326. The number of hydrogen-bond acceptors (Lipinski definition) is 3. The minimum atomic E-state index is -2.21. The second kappa shape index (κ2) is 10.5. The van der Waals surface area contributed by atoms with Crippen molar-refractivity contribution in [1.29, 1.82) is 0 Å². The van der Waals surface area contributed by atoms with Crippen molar-refractivity contribution in [2.45, 2.75) is 76.8 Å². The summed E-state index contributed by atoms with van der Waals surface area (Å²) in [5.74, 6) is 0. The second-order valence-electron chi connectivity index (χ2n) is 5.78. The Bertz CT molecular complexity index is 343. The van der Waals surface area contributed by atoms with Gasteiger partial charge in [0, 0.05) is 0 Å². The van der Waals surface area contributed by atoms with Crippen molar-refractivity contribution in [2.75, 3.05) is 6.26 Å². The number of nitrogens with zero attached hydrogens (tertiary/aromatic N) is 1. The van der Waals surface area contributed by atoms with Gasteiger partial charge in [0.15, 0.2) is 0 Å². The molecule has 1 aromatic heterocycles. The maximum atomic E-state index is 4.91. The first-order valence-corrected chi connectivity index (χ1v) is 17.7. The molecule has 116 valence electrons. The van der Waals surface area contributed by atoms with Gasteiger partial charge in [-0.25, -0.2) is 0 Å². The fourth-order valence-corrected chi connectivity index (χ4v) is 23.4. The van der Waals surface area contributed by atoms with Gasteiger partial charge >= 0.3 is 139 Å². The molecule has 0 aliphatic heterocycles. The van der Waals surface area contributed by atoms with Crippen molar-refractivity contribution in [1.82, 2.24) is 4.98 Å². The van der Waals surface area contributed by atoms with Gasteiger partial charge in [-0.1, -0.05) is 0 Å². The molecule has 0 saturated heterocycles. The van der Waals surface area contributed by atoms with Crippen LogP contribution in [0.4, 0.5) is 0 Å². The van der Waals surface area contributed by atoms with Gasteiger partial charge < -0.3 is 0 Å². The van der Waals surface area contributed by atoms with Crippen LogP contribution in [0.2, 0.25) is 13.3 Å². The number of thiazole rings is 1. The average molecular weight is 420 g/mol. The van der Waals surface area contributed by atoms with Crippen LogP contribution >= 0.6 is 23.1 Å². The predicted octanol–water partition coefficient (Wildman–Crippen LogP) is 5.92. The Hall–Kier alpha value is 0.779. The Kier molecular flexibility index (Phi) is 9.88. The van der Waals surface area contributed by atoms with Crippen LogP contribution in [-0.2, 0) is 0 Å². The van der Waals surface area contributed by atoms with Gasteiger partial charge in [-0.3, -0.25) is 0 Å². The summed E-state index contributed by atoms with van der Waals surface area (Å²) in [5, 5.41) is 0. The summed E-state index contributed by atoms with van der Waals surface area (Å²) in [6.45, 7) is 7.02.